The van der Waals surface area contributed by atoms with Crippen LogP contribution in [0.4, 0.5) is 4.79 Å². The lowest BCUT2D eigenvalue weighted by Crippen LogP contribution is -2.48. The third-order valence-corrected chi connectivity index (χ3v) is 4.10. The highest BCUT2D eigenvalue weighted by Gasteiger charge is 2.32. The summed E-state index contributed by atoms with van der Waals surface area (Å²) in [6.45, 7) is 7.63. The van der Waals surface area contributed by atoms with Crippen LogP contribution in [0.25, 0.3) is 0 Å². The first-order valence-corrected chi connectivity index (χ1v) is 7.85. The summed E-state index contributed by atoms with van der Waals surface area (Å²) in [5.74, 6) is 0. The van der Waals surface area contributed by atoms with Crippen molar-refractivity contribution in [3.05, 3.63) is 59.4 Å². The Hall–Kier alpha value is -2.23. The molecule has 4 heteroatoms. The Bertz CT molecular complexity index is 657. The Labute approximate surface area is 131 Å². The van der Waals surface area contributed by atoms with Crippen molar-refractivity contribution in [2.24, 2.45) is 0 Å². The Kier molecular flexibility index (Phi) is 3.92. The van der Waals surface area contributed by atoms with E-state index in [0.717, 1.165) is 18.7 Å². The molecule has 1 aromatic heterocycles. The Morgan fingerprint density at radius 3 is 2.59 bits per heavy atom. The zero-order valence-electron chi connectivity index (χ0n) is 13.4. The van der Waals surface area contributed by atoms with Gasteiger partial charge in [0.25, 0.3) is 0 Å². The van der Waals surface area contributed by atoms with Crippen molar-refractivity contribution < 1.29 is 4.79 Å². The second kappa shape index (κ2) is 5.87. The van der Waals surface area contributed by atoms with Crippen molar-refractivity contribution in [3.8, 4) is 0 Å². The highest BCUT2D eigenvalue weighted by Crippen LogP contribution is 2.32. The van der Waals surface area contributed by atoms with Crippen LogP contribution in [0.2, 0.25) is 0 Å². The summed E-state index contributed by atoms with van der Waals surface area (Å²) in [5.41, 5.74) is 3.56. The van der Waals surface area contributed by atoms with Crippen LogP contribution in [0.3, 0.4) is 0 Å². The monoisotopic (exact) mass is 297 g/mol. The molecule has 2 aromatic rings. The lowest BCUT2D eigenvalue weighted by Gasteiger charge is -2.37. The number of benzene rings is 1. The van der Waals surface area contributed by atoms with E-state index in [9.17, 15) is 4.79 Å². The third-order valence-electron chi connectivity index (χ3n) is 4.10. The first-order chi connectivity index (χ1) is 10.6. The summed E-state index contributed by atoms with van der Waals surface area (Å²) >= 11 is 0. The van der Waals surface area contributed by atoms with Crippen molar-refractivity contribution >= 4 is 6.03 Å². The predicted molar refractivity (Wildman–Crippen MR) is 87.8 cm³/mol. The quantitative estimate of drug-likeness (QED) is 0.907. The molecular weight excluding hydrogens is 274 g/mol. The van der Waals surface area contributed by atoms with Crippen molar-refractivity contribution in [2.75, 3.05) is 6.54 Å². The lowest BCUT2D eigenvalue weighted by atomic mass is 9.99. The van der Waals surface area contributed by atoms with Gasteiger partial charge in [-0.15, -0.1) is 0 Å². The number of nitrogens with one attached hydrogen (secondary N) is 1. The van der Waals surface area contributed by atoms with Crippen molar-refractivity contribution in [3.63, 3.8) is 0 Å². The summed E-state index contributed by atoms with van der Waals surface area (Å²) in [6, 6.07) is 12.7. The molecule has 2 amide bonds. The van der Waals surface area contributed by atoms with Gasteiger partial charge in [0.05, 0.1) is 6.04 Å². The standard InChI is InChI=1S/C18H23N3O/c1-13(2)19-18(22)21-12-11-20-10-4-5-16(20)17(21)15-8-6-14(3)7-9-15/h4-10,13,17H,11-12H2,1-3H3,(H,19,22)/t17-/m0/s1. The highest BCUT2D eigenvalue weighted by molar-refractivity contribution is 5.75. The maximum Gasteiger partial charge on any atom is 0.318 e. The molecular formula is C18H23N3O. The van der Waals surface area contributed by atoms with E-state index in [4.69, 9.17) is 0 Å². The zero-order chi connectivity index (χ0) is 15.7. The molecule has 0 saturated heterocycles. The number of urea groups is 1. The molecule has 1 aliphatic rings. The van der Waals surface area contributed by atoms with Gasteiger partial charge >= 0.3 is 6.03 Å². The summed E-state index contributed by atoms with van der Waals surface area (Å²) < 4.78 is 2.24. The van der Waals surface area contributed by atoms with Gasteiger partial charge in [0.2, 0.25) is 0 Å². The molecule has 3 rings (SSSR count). The Morgan fingerprint density at radius 1 is 1.18 bits per heavy atom. The SMILES string of the molecule is Cc1ccc([C@H]2c3cccn3CCN2C(=O)NC(C)C)cc1. The first-order valence-electron chi connectivity index (χ1n) is 7.85. The van der Waals surface area contributed by atoms with Crippen molar-refractivity contribution in [1.82, 2.24) is 14.8 Å². The van der Waals surface area contributed by atoms with Crippen LogP contribution in [-0.4, -0.2) is 28.1 Å². The number of aryl methyl sites for hydroxylation is 1. The van der Waals surface area contributed by atoms with Gasteiger partial charge in [0.15, 0.2) is 0 Å². The van der Waals surface area contributed by atoms with Gasteiger partial charge in [0, 0.05) is 31.0 Å². The van der Waals surface area contributed by atoms with Crippen LogP contribution in [0.5, 0.6) is 0 Å². The fraction of sp³-hybridized carbons (Fsp3) is 0.389. The second-order valence-corrected chi connectivity index (χ2v) is 6.24. The summed E-state index contributed by atoms with van der Waals surface area (Å²) in [6.07, 6.45) is 2.09. The Balaban J connectivity index is 1.99. The van der Waals surface area contributed by atoms with Crippen LogP contribution in [-0.2, 0) is 6.54 Å². The van der Waals surface area contributed by atoms with Crippen LogP contribution in [0, 0.1) is 6.92 Å². The predicted octanol–water partition coefficient (Wildman–Crippen LogP) is 3.32. The summed E-state index contributed by atoms with van der Waals surface area (Å²) in [4.78, 5) is 14.5. The molecule has 1 atom stereocenters. The van der Waals surface area contributed by atoms with E-state index in [1.165, 1.54) is 11.3 Å². The molecule has 0 aliphatic carbocycles. The van der Waals surface area contributed by atoms with Gasteiger partial charge in [-0.25, -0.2) is 4.79 Å². The minimum atomic E-state index is -0.0249. The molecule has 1 N–H and O–H groups in total. The second-order valence-electron chi connectivity index (χ2n) is 6.24. The number of carbonyl (C=O) groups is 1. The van der Waals surface area contributed by atoms with Crippen LogP contribution < -0.4 is 5.32 Å². The minimum absolute atomic E-state index is 0.00743. The third kappa shape index (κ3) is 2.73. The van der Waals surface area contributed by atoms with Crippen molar-refractivity contribution in [2.45, 2.75) is 39.4 Å². The van der Waals surface area contributed by atoms with Crippen LogP contribution in [0.15, 0.2) is 42.6 Å². The summed E-state index contributed by atoms with van der Waals surface area (Å²) in [7, 11) is 0. The van der Waals surface area contributed by atoms with Gasteiger partial charge < -0.3 is 14.8 Å². The molecule has 0 fully saturated rings. The minimum Gasteiger partial charge on any atom is -0.348 e. The Morgan fingerprint density at radius 2 is 1.91 bits per heavy atom. The largest absolute Gasteiger partial charge is 0.348 e. The molecule has 0 spiro atoms. The fourth-order valence-corrected chi connectivity index (χ4v) is 3.03. The lowest BCUT2D eigenvalue weighted by molar-refractivity contribution is 0.166. The van der Waals surface area contributed by atoms with Gasteiger partial charge in [-0.1, -0.05) is 29.8 Å². The molecule has 0 radical (unpaired) electrons. The van der Waals surface area contributed by atoms with Gasteiger partial charge in [-0.2, -0.15) is 0 Å². The normalized spacial score (nSPS) is 17.5. The number of nitrogens with zero attached hydrogens (tertiary/aromatic N) is 2. The van der Waals surface area contributed by atoms with Gasteiger partial charge in [-0.05, 0) is 38.5 Å². The first kappa shape index (κ1) is 14.7. The number of amides is 2. The van der Waals surface area contributed by atoms with Gasteiger partial charge in [0.1, 0.15) is 0 Å². The van der Waals surface area contributed by atoms with E-state index < -0.39 is 0 Å². The average molecular weight is 297 g/mol. The summed E-state index contributed by atoms with van der Waals surface area (Å²) in [5, 5.41) is 3.02. The van der Waals surface area contributed by atoms with E-state index in [1.807, 2.05) is 18.7 Å². The molecule has 2 heterocycles. The van der Waals surface area contributed by atoms with Crippen LogP contribution in [0.1, 0.15) is 36.7 Å². The molecule has 0 unspecified atom stereocenters. The number of aromatic nitrogens is 1. The highest BCUT2D eigenvalue weighted by atomic mass is 16.2. The van der Waals surface area contributed by atoms with Crippen molar-refractivity contribution in [1.29, 1.82) is 0 Å². The van der Waals surface area contributed by atoms with E-state index in [-0.39, 0.29) is 18.1 Å². The maximum absolute atomic E-state index is 12.6. The number of rotatable bonds is 2. The number of fused-ring (bicyclic) bond motifs is 1. The average Bonchev–Trinajstić information content (AvgIpc) is 2.95. The maximum atomic E-state index is 12.6. The number of hydrogen-bond acceptors (Lipinski definition) is 1. The molecule has 0 saturated carbocycles. The molecule has 116 valence electrons. The molecule has 0 bridgehead atoms. The van der Waals surface area contributed by atoms with E-state index >= 15 is 0 Å². The fourth-order valence-electron chi connectivity index (χ4n) is 3.03. The van der Waals surface area contributed by atoms with E-state index in [2.05, 4.69) is 59.4 Å². The van der Waals surface area contributed by atoms with Gasteiger partial charge in [-0.3, -0.25) is 0 Å². The molecule has 22 heavy (non-hydrogen) atoms. The smallest absolute Gasteiger partial charge is 0.318 e. The molecule has 1 aromatic carbocycles. The molecule has 1 aliphatic heterocycles. The van der Waals surface area contributed by atoms with Crippen LogP contribution >= 0.6 is 0 Å². The zero-order valence-corrected chi connectivity index (χ0v) is 13.4. The molecule has 4 nitrogen and oxygen atoms in total. The topological polar surface area (TPSA) is 37.3 Å². The number of hydrogen-bond donors (Lipinski definition) is 1. The van der Waals surface area contributed by atoms with E-state index in [0.29, 0.717) is 0 Å². The number of carbonyl (C=O) groups excluding carboxylic acids is 1. The van der Waals surface area contributed by atoms with E-state index in [1.54, 1.807) is 0 Å².